The number of ketones is 1. The maximum absolute atomic E-state index is 12.5. The van der Waals surface area contributed by atoms with Gasteiger partial charge in [-0.15, -0.1) is 12.4 Å². The molecular weight excluding hydrogens is 378 g/mol. The van der Waals surface area contributed by atoms with E-state index in [9.17, 15) is 9.90 Å². The number of aliphatic hydroxyl groups is 1. The molecule has 0 fully saturated rings. The Hall–Kier alpha value is -2.08. The molecule has 0 aliphatic rings. The lowest BCUT2D eigenvalue weighted by Gasteiger charge is -2.16. The zero-order valence-corrected chi connectivity index (χ0v) is 17.5. The molecule has 5 nitrogen and oxygen atoms in total. The summed E-state index contributed by atoms with van der Waals surface area (Å²) in [5.41, 5.74) is 1.60. The van der Waals surface area contributed by atoms with Gasteiger partial charge in [-0.3, -0.25) is 4.79 Å². The first-order valence-electron chi connectivity index (χ1n) is 9.29. The van der Waals surface area contributed by atoms with Gasteiger partial charge in [-0.1, -0.05) is 44.2 Å². The van der Waals surface area contributed by atoms with E-state index in [-0.39, 0.29) is 24.8 Å². The van der Waals surface area contributed by atoms with Gasteiger partial charge >= 0.3 is 0 Å². The molecule has 0 spiro atoms. The average Bonchev–Trinajstić information content (AvgIpc) is 2.69. The van der Waals surface area contributed by atoms with E-state index >= 15 is 0 Å². The summed E-state index contributed by atoms with van der Waals surface area (Å²) >= 11 is 0. The van der Waals surface area contributed by atoms with E-state index in [1.165, 1.54) is 0 Å². The first-order valence-corrected chi connectivity index (χ1v) is 9.29. The van der Waals surface area contributed by atoms with E-state index in [2.05, 4.69) is 5.32 Å². The van der Waals surface area contributed by atoms with Crippen LogP contribution in [0.1, 0.15) is 36.2 Å². The second-order valence-corrected chi connectivity index (χ2v) is 6.79. The molecule has 2 rings (SSSR count). The predicted molar refractivity (Wildman–Crippen MR) is 114 cm³/mol. The predicted octanol–water partition coefficient (Wildman–Crippen LogP) is 3.67. The molecule has 0 saturated heterocycles. The van der Waals surface area contributed by atoms with Crippen molar-refractivity contribution in [3.8, 4) is 11.5 Å². The van der Waals surface area contributed by atoms with E-state index in [4.69, 9.17) is 9.47 Å². The maximum atomic E-state index is 12.5. The van der Waals surface area contributed by atoms with Crippen molar-refractivity contribution >= 4 is 18.2 Å². The lowest BCUT2D eigenvalue weighted by molar-refractivity contribution is 0.0978. The molecule has 1 atom stereocenters. The molecule has 0 aliphatic heterocycles. The summed E-state index contributed by atoms with van der Waals surface area (Å²) < 4.78 is 11.0. The highest BCUT2D eigenvalue weighted by atomic mass is 35.5. The SMILES string of the molecule is COc1cccc(C(=O)CCc2ccccc2OCC(O)CNC(C)C)c1.Cl. The van der Waals surface area contributed by atoms with Crippen molar-refractivity contribution in [3.63, 3.8) is 0 Å². The molecule has 28 heavy (non-hydrogen) atoms. The molecule has 2 N–H and O–H groups in total. The molecule has 0 saturated carbocycles. The Kier molecular flexibility index (Phi) is 10.6. The number of hydrogen-bond donors (Lipinski definition) is 2. The van der Waals surface area contributed by atoms with Crippen LogP contribution < -0.4 is 14.8 Å². The molecule has 0 radical (unpaired) electrons. The summed E-state index contributed by atoms with van der Waals surface area (Å²) in [5, 5.41) is 13.2. The number of aryl methyl sites for hydroxylation is 1. The quantitative estimate of drug-likeness (QED) is 0.556. The minimum Gasteiger partial charge on any atom is -0.497 e. The number of para-hydroxylation sites is 1. The monoisotopic (exact) mass is 407 g/mol. The molecule has 154 valence electrons. The summed E-state index contributed by atoms with van der Waals surface area (Å²) in [7, 11) is 1.59. The third kappa shape index (κ3) is 7.89. The van der Waals surface area contributed by atoms with Crippen molar-refractivity contribution in [3.05, 3.63) is 59.7 Å². The molecule has 6 heteroatoms. The summed E-state index contributed by atoms with van der Waals surface area (Å²) in [5.74, 6) is 1.44. The molecule has 1 unspecified atom stereocenters. The first kappa shape index (κ1) is 24.0. The highest BCUT2D eigenvalue weighted by Gasteiger charge is 2.11. The van der Waals surface area contributed by atoms with Crippen molar-refractivity contribution < 1.29 is 19.4 Å². The van der Waals surface area contributed by atoms with Crippen LogP contribution in [0.3, 0.4) is 0 Å². The Labute approximate surface area is 173 Å². The van der Waals surface area contributed by atoms with E-state index in [1.807, 2.05) is 50.2 Å². The van der Waals surface area contributed by atoms with Crippen LogP contribution in [0.15, 0.2) is 48.5 Å². The van der Waals surface area contributed by atoms with Crippen molar-refractivity contribution in [2.75, 3.05) is 20.3 Å². The van der Waals surface area contributed by atoms with Crippen molar-refractivity contribution in [2.45, 2.75) is 38.8 Å². The number of hydrogen-bond acceptors (Lipinski definition) is 5. The van der Waals surface area contributed by atoms with Crippen LogP contribution in [0.2, 0.25) is 0 Å². The van der Waals surface area contributed by atoms with E-state index < -0.39 is 6.10 Å². The smallest absolute Gasteiger partial charge is 0.163 e. The molecule has 2 aromatic rings. The molecular formula is C22H30ClNO4. The Morgan fingerprint density at radius 2 is 1.89 bits per heavy atom. The van der Waals surface area contributed by atoms with Crippen LogP contribution in [-0.2, 0) is 6.42 Å². The van der Waals surface area contributed by atoms with Crippen LogP contribution in [0.5, 0.6) is 11.5 Å². The second kappa shape index (κ2) is 12.4. The minimum atomic E-state index is -0.584. The molecule has 0 bridgehead atoms. The lowest BCUT2D eigenvalue weighted by atomic mass is 10.0. The summed E-state index contributed by atoms with van der Waals surface area (Å²) in [6, 6.07) is 15.1. The van der Waals surface area contributed by atoms with Gasteiger partial charge < -0.3 is 19.9 Å². The normalized spacial score (nSPS) is 11.6. The van der Waals surface area contributed by atoms with Gasteiger partial charge in [-0.2, -0.15) is 0 Å². The number of Topliss-reactive ketones (excluding diaryl/α,β-unsaturated/α-hetero) is 1. The Morgan fingerprint density at radius 3 is 2.61 bits per heavy atom. The number of benzene rings is 2. The van der Waals surface area contributed by atoms with Gasteiger partial charge in [0.25, 0.3) is 0 Å². The topological polar surface area (TPSA) is 67.8 Å². The van der Waals surface area contributed by atoms with Crippen LogP contribution in [0, 0.1) is 0 Å². The van der Waals surface area contributed by atoms with Crippen LogP contribution in [0.4, 0.5) is 0 Å². The second-order valence-electron chi connectivity index (χ2n) is 6.79. The average molecular weight is 408 g/mol. The molecule has 0 amide bonds. The number of ether oxygens (including phenoxy) is 2. The van der Waals surface area contributed by atoms with Crippen molar-refractivity contribution in [1.82, 2.24) is 5.32 Å². The number of nitrogens with one attached hydrogen (secondary N) is 1. The fraction of sp³-hybridized carbons (Fsp3) is 0.409. The Morgan fingerprint density at radius 1 is 1.14 bits per heavy atom. The third-order valence-corrected chi connectivity index (χ3v) is 4.18. The molecule has 0 heterocycles. The maximum Gasteiger partial charge on any atom is 0.163 e. The number of halogens is 1. The molecule has 0 aliphatic carbocycles. The highest BCUT2D eigenvalue weighted by molar-refractivity contribution is 5.96. The Bertz CT molecular complexity index is 736. The zero-order chi connectivity index (χ0) is 19.6. The highest BCUT2D eigenvalue weighted by Crippen LogP contribution is 2.21. The van der Waals surface area contributed by atoms with Crippen LogP contribution >= 0.6 is 12.4 Å². The fourth-order valence-electron chi connectivity index (χ4n) is 2.66. The van der Waals surface area contributed by atoms with Gasteiger partial charge in [0.05, 0.1) is 7.11 Å². The van der Waals surface area contributed by atoms with Gasteiger partial charge in [0.15, 0.2) is 5.78 Å². The Balaban J connectivity index is 0.00000392. The standard InChI is InChI=1S/C22H29NO4.ClH/c1-16(2)23-14-19(24)15-27-22-10-5-4-7-17(22)11-12-21(25)18-8-6-9-20(13-18)26-3;/h4-10,13,16,19,23-24H,11-12,14-15H2,1-3H3;1H. The number of carbonyl (C=O) groups excluding carboxylic acids is 1. The van der Waals surface area contributed by atoms with Gasteiger partial charge in [0, 0.05) is 24.6 Å². The first-order chi connectivity index (χ1) is 13.0. The molecule has 2 aromatic carbocycles. The number of methoxy groups -OCH3 is 1. The molecule has 0 aromatic heterocycles. The van der Waals surface area contributed by atoms with Gasteiger partial charge in [0.1, 0.15) is 24.2 Å². The summed E-state index contributed by atoms with van der Waals surface area (Å²) in [4.78, 5) is 12.5. The van der Waals surface area contributed by atoms with E-state index in [0.29, 0.717) is 42.5 Å². The van der Waals surface area contributed by atoms with E-state index in [0.717, 1.165) is 5.56 Å². The van der Waals surface area contributed by atoms with Crippen LogP contribution in [0.25, 0.3) is 0 Å². The van der Waals surface area contributed by atoms with Gasteiger partial charge in [0.2, 0.25) is 0 Å². The van der Waals surface area contributed by atoms with Gasteiger partial charge in [-0.25, -0.2) is 0 Å². The van der Waals surface area contributed by atoms with Gasteiger partial charge in [-0.05, 0) is 30.2 Å². The fourth-order valence-corrected chi connectivity index (χ4v) is 2.66. The third-order valence-electron chi connectivity index (χ3n) is 4.18. The minimum absolute atomic E-state index is 0. The van der Waals surface area contributed by atoms with Crippen molar-refractivity contribution in [1.29, 1.82) is 0 Å². The summed E-state index contributed by atoms with van der Waals surface area (Å²) in [6.07, 6.45) is 0.372. The lowest BCUT2D eigenvalue weighted by Crippen LogP contribution is -2.35. The number of rotatable bonds is 11. The number of aliphatic hydroxyl groups excluding tert-OH is 1. The van der Waals surface area contributed by atoms with Crippen LogP contribution in [-0.4, -0.2) is 43.3 Å². The van der Waals surface area contributed by atoms with E-state index in [1.54, 1.807) is 19.2 Å². The number of carbonyl (C=O) groups is 1. The zero-order valence-electron chi connectivity index (χ0n) is 16.7. The largest absolute Gasteiger partial charge is 0.497 e. The summed E-state index contributed by atoms with van der Waals surface area (Å²) in [6.45, 7) is 4.75. The van der Waals surface area contributed by atoms with Crippen molar-refractivity contribution in [2.24, 2.45) is 0 Å².